The molecule has 26 heavy (non-hydrogen) atoms. The quantitative estimate of drug-likeness (QED) is 0.755. The molecular weight excluding hydrogens is 341 g/mol. The Morgan fingerprint density at radius 3 is 3.08 bits per heavy atom. The number of aromatic carboxylic acids is 1. The van der Waals surface area contributed by atoms with Crippen molar-refractivity contribution in [3.63, 3.8) is 0 Å². The second kappa shape index (κ2) is 6.72. The largest absolute Gasteiger partial charge is 0.493 e. The molecule has 3 heterocycles. The van der Waals surface area contributed by atoms with Crippen LogP contribution in [0.15, 0.2) is 36.7 Å². The monoisotopic (exact) mass is 357 g/mol. The highest BCUT2D eigenvalue weighted by molar-refractivity contribution is 5.86. The number of carboxylic acids is 1. The fraction of sp³-hybridized carbons (Fsp3) is 0.278. The van der Waals surface area contributed by atoms with Crippen LogP contribution in [0.25, 0.3) is 16.8 Å². The third-order valence-corrected chi connectivity index (χ3v) is 4.28. The van der Waals surface area contributed by atoms with Crippen LogP contribution in [-0.2, 0) is 4.74 Å². The maximum Gasteiger partial charge on any atom is 0.356 e. The number of halogens is 1. The Morgan fingerprint density at radius 2 is 2.31 bits per heavy atom. The summed E-state index contributed by atoms with van der Waals surface area (Å²) in [4.78, 5) is 15.3. The molecule has 2 aromatic heterocycles. The molecule has 134 valence electrons. The lowest BCUT2D eigenvalue weighted by Gasteiger charge is -2.14. The van der Waals surface area contributed by atoms with Gasteiger partial charge in [-0.15, -0.1) is 0 Å². The summed E-state index contributed by atoms with van der Waals surface area (Å²) in [5.74, 6) is -0.684. The molecular formula is C18H16FN3O4. The highest BCUT2D eigenvalue weighted by Crippen LogP contribution is 2.31. The van der Waals surface area contributed by atoms with Gasteiger partial charge in [-0.3, -0.25) is 0 Å². The van der Waals surface area contributed by atoms with E-state index >= 15 is 0 Å². The number of fused-ring (bicyclic) bond motifs is 1. The van der Waals surface area contributed by atoms with Crippen LogP contribution in [0, 0.1) is 11.7 Å². The second-order valence-corrected chi connectivity index (χ2v) is 6.16. The summed E-state index contributed by atoms with van der Waals surface area (Å²) in [6.45, 7) is 1.88. The minimum atomic E-state index is -1.13. The van der Waals surface area contributed by atoms with Crippen molar-refractivity contribution in [2.45, 2.75) is 6.42 Å². The molecule has 1 aliphatic heterocycles. The number of ether oxygens (including phenoxy) is 2. The number of rotatable bonds is 5. The first-order chi connectivity index (χ1) is 12.6. The van der Waals surface area contributed by atoms with Crippen LogP contribution < -0.4 is 4.74 Å². The van der Waals surface area contributed by atoms with Gasteiger partial charge in [0.25, 0.3) is 0 Å². The van der Waals surface area contributed by atoms with Crippen molar-refractivity contribution in [2.24, 2.45) is 5.92 Å². The van der Waals surface area contributed by atoms with Crippen LogP contribution in [0.5, 0.6) is 5.75 Å². The van der Waals surface area contributed by atoms with Gasteiger partial charge in [-0.2, -0.15) is 5.10 Å². The molecule has 1 saturated heterocycles. The summed E-state index contributed by atoms with van der Waals surface area (Å²) in [6, 6.07) is 5.66. The van der Waals surface area contributed by atoms with E-state index in [4.69, 9.17) is 14.6 Å². The number of benzene rings is 1. The van der Waals surface area contributed by atoms with E-state index in [0.717, 1.165) is 13.0 Å². The molecule has 1 aliphatic rings. The van der Waals surface area contributed by atoms with Crippen molar-refractivity contribution < 1.29 is 23.8 Å². The van der Waals surface area contributed by atoms with E-state index in [1.54, 1.807) is 18.5 Å². The van der Waals surface area contributed by atoms with Gasteiger partial charge in [-0.1, -0.05) is 0 Å². The van der Waals surface area contributed by atoms with E-state index in [-0.39, 0.29) is 5.69 Å². The molecule has 1 atom stereocenters. The second-order valence-electron chi connectivity index (χ2n) is 6.16. The van der Waals surface area contributed by atoms with Gasteiger partial charge in [-0.25, -0.2) is 18.7 Å². The molecule has 1 N–H and O–H groups in total. The SMILES string of the molecule is O=C(O)c1cc2ncc(-c3cc(F)ccc3OCC3CCOC3)cn2n1. The number of aromatic nitrogens is 3. The molecule has 0 saturated carbocycles. The van der Waals surface area contributed by atoms with Crippen molar-refractivity contribution in [3.05, 3.63) is 48.2 Å². The van der Waals surface area contributed by atoms with Crippen molar-refractivity contribution in [1.29, 1.82) is 0 Å². The lowest BCUT2D eigenvalue weighted by molar-refractivity contribution is 0.0690. The number of hydrogen-bond acceptors (Lipinski definition) is 5. The van der Waals surface area contributed by atoms with Crippen molar-refractivity contribution in [1.82, 2.24) is 14.6 Å². The maximum atomic E-state index is 13.8. The van der Waals surface area contributed by atoms with Crippen molar-refractivity contribution in [3.8, 4) is 16.9 Å². The fourth-order valence-electron chi connectivity index (χ4n) is 2.90. The number of carboxylic acid groups (broad SMARTS) is 1. The van der Waals surface area contributed by atoms with Gasteiger partial charge < -0.3 is 14.6 Å². The van der Waals surface area contributed by atoms with Gasteiger partial charge in [-0.05, 0) is 24.6 Å². The first kappa shape index (κ1) is 16.5. The van der Waals surface area contributed by atoms with Crippen LogP contribution in [0.2, 0.25) is 0 Å². The fourth-order valence-corrected chi connectivity index (χ4v) is 2.90. The van der Waals surface area contributed by atoms with Gasteiger partial charge in [0.2, 0.25) is 0 Å². The number of hydrogen-bond donors (Lipinski definition) is 1. The zero-order chi connectivity index (χ0) is 18.1. The van der Waals surface area contributed by atoms with Crippen LogP contribution in [-0.4, -0.2) is 45.5 Å². The molecule has 0 radical (unpaired) electrons. The Labute approximate surface area is 148 Å². The van der Waals surface area contributed by atoms with E-state index in [0.29, 0.717) is 41.7 Å². The molecule has 1 aromatic carbocycles. The van der Waals surface area contributed by atoms with Crippen LogP contribution in [0.4, 0.5) is 4.39 Å². The van der Waals surface area contributed by atoms with Crippen LogP contribution in [0.3, 0.4) is 0 Å². The molecule has 3 aromatic rings. The zero-order valence-corrected chi connectivity index (χ0v) is 13.8. The molecule has 1 fully saturated rings. The first-order valence-electron chi connectivity index (χ1n) is 8.19. The van der Waals surface area contributed by atoms with E-state index < -0.39 is 11.8 Å². The van der Waals surface area contributed by atoms with Crippen molar-refractivity contribution >= 4 is 11.6 Å². The average Bonchev–Trinajstić information content (AvgIpc) is 3.29. The molecule has 0 aliphatic carbocycles. The van der Waals surface area contributed by atoms with Crippen LogP contribution in [0.1, 0.15) is 16.9 Å². The Morgan fingerprint density at radius 1 is 1.42 bits per heavy atom. The van der Waals surface area contributed by atoms with Gasteiger partial charge >= 0.3 is 5.97 Å². The predicted molar refractivity (Wildman–Crippen MR) is 89.8 cm³/mol. The zero-order valence-electron chi connectivity index (χ0n) is 13.8. The van der Waals surface area contributed by atoms with Gasteiger partial charge in [0, 0.05) is 42.1 Å². The molecule has 7 nitrogen and oxygen atoms in total. The van der Waals surface area contributed by atoms with Crippen molar-refractivity contribution in [2.75, 3.05) is 19.8 Å². The highest BCUT2D eigenvalue weighted by Gasteiger charge is 2.18. The molecule has 8 heteroatoms. The summed E-state index contributed by atoms with van der Waals surface area (Å²) in [5, 5.41) is 13.0. The summed E-state index contributed by atoms with van der Waals surface area (Å²) >= 11 is 0. The number of carbonyl (C=O) groups is 1. The van der Waals surface area contributed by atoms with Gasteiger partial charge in [0.1, 0.15) is 11.6 Å². The van der Waals surface area contributed by atoms with Gasteiger partial charge in [0.05, 0.1) is 13.2 Å². The van der Waals surface area contributed by atoms with E-state index in [2.05, 4.69) is 10.1 Å². The highest BCUT2D eigenvalue weighted by atomic mass is 19.1. The third-order valence-electron chi connectivity index (χ3n) is 4.28. The summed E-state index contributed by atoms with van der Waals surface area (Å²) in [5.41, 5.74) is 1.40. The Hall–Kier alpha value is -3.00. The lowest BCUT2D eigenvalue weighted by atomic mass is 10.1. The Bertz CT molecular complexity index is 966. The summed E-state index contributed by atoms with van der Waals surface area (Å²) in [7, 11) is 0. The lowest BCUT2D eigenvalue weighted by Crippen LogP contribution is -2.12. The predicted octanol–water partition coefficient (Wildman–Crippen LogP) is 2.65. The topological polar surface area (TPSA) is 86.0 Å². The van der Waals surface area contributed by atoms with E-state index in [1.165, 1.54) is 22.7 Å². The molecule has 4 rings (SSSR count). The molecule has 0 amide bonds. The van der Waals surface area contributed by atoms with E-state index in [9.17, 15) is 9.18 Å². The average molecular weight is 357 g/mol. The maximum absolute atomic E-state index is 13.8. The summed E-state index contributed by atoms with van der Waals surface area (Å²) < 4.78 is 26.4. The molecule has 0 spiro atoms. The summed E-state index contributed by atoms with van der Waals surface area (Å²) in [6.07, 6.45) is 4.09. The van der Waals surface area contributed by atoms with E-state index in [1.807, 2.05) is 0 Å². The minimum Gasteiger partial charge on any atom is -0.493 e. The first-order valence-corrected chi connectivity index (χ1v) is 8.19. The Kier molecular flexibility index (Phi) is 4.26. The third kappa shape index (κ3) is 3.23. The smallest absolute Gasteiger partial charge is 0.356 e. The Balaban J connectivity index is 1.68. The van der Waals surface area contributed by atoms with Gasteiger partial charge in [0.15, 0.2) is 11.3 Å². The normalized spacial score (nSPS) is 16.9. The molecule has 0 bridgehead atoms. The number of nitrogens with zero attached hydrogens (tertiary/aromatic N) is 3. The molecule has 1 unspecified atom stereocenters. The van der Waals surface area contributed by atoms with Crippen LogP contribution >= 0.6 is 0 Å². The standard InChI is InChI=1S/C18H16FN3O4/c19-13-1-2-16(26-10-11-3-4-25-9-11)14(5-13)12-7-20-17-6-15(18(23)24)21-22(17)8-12/h1-2,5-8,11H,3-4,9-10H2,(H,23,24). The minimum absolute atomic E-state index is 0.105.